The number of ether oxygens (including phenoxy) is 1. The molecule has 0 fully saturated rings. The van der Waals surface area contributed by atoms with E-state index in [1.165, 1.54) is 0 Å². The van der Waals surface area contributed by atoms with Gasteiger partial charge in [-0.2, -0.15) is 0 Å². The quantitative estimate of drug-likeness (QED) is 0.625. The molecular weight excluding hydrogens is 338 g/mol. The van der Waals surface area contributed by atoms with Crippen molar-refractivity contribution >= 4 is 38.4 Å². The van der Waals surface area contributed by atoms with Crippen molar-refractivity contribution in [3.63, 3.8) is 0 Å². The lowest BCUT2D eigenvalue weighted by atomic mass is 10.1. The molecule has 0 aliphatic rings. The fraction of sp³-hybridized carbons (Fsp3) is 0.0625. The SMILES string of the molecule is COc1ccc(Br)c2c(Cl)cc(-c3ccccc3)nc12. The summed E-state index contributed by atoms with van der Waals surface area (Å²) in [4.78, 5) is 4.70. The summed E-state index contributed by atoms with van der Waals surface area (Å²) in [6.45, 7) is 0. The number of pyridine rings is 1. The first-order valence-corrected chi connectivity index (χ1v) is 7.26. The summed E-state index contributed by atoms with van der Waals surface area (Å²) in [5, 5.41) is 1.52. The molecule has 2 aromatic carbocycles. The largest absolute Gasteiger partial charge is 0.494 e. The number of hydrogen-bond donors (Lipinski definition) is 0. The number of nitrogens with zero attached hydrogens (tertiary/aromatic N) is 1. The molecule has 20 heavy (non-hydrogen) atoms. The molecule has 0 aliphatic heterocycles. The molecule has 100 valence electrons. The maximum atomic E-state index is 6.42. The van der Waals surface area contributed by atoms with E-state index in [1.807, 2.05) is 48.5 Å². The number of aromatic nitrogens is 1. The standard InChI is InChI=1S/C16H11BrClNO/c1-20-14-8-7-11(17)15-12(18)9-13(19-16(14)15)10-5-3-2-4-6-10/h2-9H,1H3. The monoisotopic (exact) mass is 347 g/mol. The van der Waals surface area contributed by atoms with Crippen molar-refractivity contribution in [2.75, 3.05) is 7.11 Å². The van der Waals surface area contributed by atoms with E-state index in [2.05, 4.69) is 15.9 Å². The molecule has 0 amide bonds. The number of rotatable bonds is 2. The summed E-state index contributed by atoms with van der Waals surface area (Å²) >= 11 is 9.93. The van der Waals surface area contributed by atoms with Gasteiger partial charge in [-0.3, -0.25) is 0 Å². The first kappa shape index (κ1) is 13.4. The minimum Gasteiger partial charge on any atom is -0.494 e. The molecule has 0 N–H and O–H groups in total. The average molecular weight is 349 g/mol. The molecule has 0 bridgehead atoms. The van der Waals surface area contributed by atoms with Crippen molar-refractivity contribution in [2.45, 2.75) is 0 Å². The van der Waals surface area contributed by atoms with Crippen LogP contribution in [0.4, 0.5) is 0 Å². The fourth-order valence-electron chi connectivity index (χ4n) is 2.15. The molecule has 0 saturated heterocycles. The number of halogens is 2. The van der Waals surface area contributed by atoms with Gasteiger partial charge in [-0.15, -0.1) is 0 Å². The zero-order valence-electron chi connectivity index (χ0n) is 10.7. The highest BCUT2D eigenvalue weighted by atomic mass is 79.9. The number of benzene rings is 2. The molecule has 0 unspecified atom stereocenters. The molecule has 3 aromatic rings. The van der Waals surface area contributed by atoms with E-state index in [4.69, 9.17) is 21.3 Å². The maximum Gasteiger partial charge on any atom is 0.145 e. The van der Waals surface area contributed by atoms with Crippen molar-refractivity contribution in [3.05, 3.63) is 58.0 Å². The second-order valence-corrected chi connectivity index (χ2v) is 5.59. The summed E-state index contributed by atoms with van der Waals surface area (Å²) in [7, 11) is 1.63. The lowest BCUT2D eigenvalue weighted by molar-refractivity contribution is 0.419. The van der Waals surface area contributed by atoms with Gasteiger partial charge in [-0.1, -0.05) is 57.9 Å². The molecule has 0 radical (unpaired) electrons. The van der Waals surface area contributed by atoms with Crippen molar-refractivity contribution in [1.29, 1.82) is 0 Å². The minimum atomic E-state index is 0.652. The van der Waals surface area contributed by atoms with Gasteiger partial charge in [0.25, 0.3) is 0 Å². The van der Waals surface area contributed by atoms with E-state index in [0.717, 1.165) is 26.6 Å². The summed E-state index contributed by atoms with van der Waals surface area (Å²) < 4.78 is 6.29. The van der Waals surface area contributed by atoms with Crippen LogP contribution in [0.5, 0.6) is 5.75 Å². The number of fused-ring (bicyclic) bond motifs is 1. The first-order valence-electron chi connectivity index (χ1n) is 6.09. The van der Waals surface area contributed by atoms with Crippen molar-refractivity contribution in [1.82, 2.24) is 4.98 Å². The third kappa shape index (κ3) is 2.28. The second kappa shape index (κ2) is 5.43. The summed E-state index contributed by atoms with van der Waals surface area (Å²) in [6.07, 6.45) is 0. The molecule has 1 aromatic heterocycles. The Balaban J connectivity index is 2.33. The van der Waals surface area contributed by atoms with Crippen molar-refractivity contribution < 1.29 is 4.74 Å². The van der Waals surface area contributed by atoms with Crippen LogP contribution in [0.15, 0.2) is 53.0 Å². The van der Waals surface area contributed by atoms with Crippen LogP contribution in [-0.2, 0) is 0 Å². The maximum absolute atomic E-state index is 6.42. The van der Waals surface area contributed by atoms with Crippen molar-refractivity contribution in [2.24, 2.45) is 0 Å². The molecule has 3 rings (SSSR count). The Morgan fingerprint density at radius 3 is 2.55 bits per heavy atom. The Morgan fingerprint density at radius 1 is 1.10 bits per heavy atom. The van der Waals surface area contributed by atoms with Crippen LogP contribution in [0.1, 0.15) is 0 Å². The highest BCUT2D eigenvalue weighted by molar-refractivity contribution is 9.10. The van der Waals surface area contributed by atoms with Crippen molar-refractivity contribution in [3.8, 4) is 17.0 Å². The van der Waals surface area contributed by atoms with E-state index < -0.39 is 0 Å². The fourth-order valence-corrected chi connectivity index (χ4v) is 3.09. The first-order chi connectivity index (χ1) is 9.70. The Labute approximate surface area is 130 Å². The van der Waals surface area contributed by atoms with E-state index in [0.29, 0.717) is 10.8 Å². The second-order valence-electron chi connectivity index (χ2n) is 4.33. The predicted molar refractivity (Wildman–Crippen MR) is 86.4 cm³/mol. The zero-order valence-corrected chi connectivity index (χ0v) is 13.1. The Kier molecular flexibility index (Phi) is 3.64. The molecule has 2 nitrogen and oxygen atoms in total. The molecule has 0 atom stereocenters. The lowest BCUT2D eigenvalue weighted by Crippen LogP contribution is -1.92. The van der Waals surface area contributed by atoms with Gasteiger partial charge in [0.05, 0.1) is 17.8 Å². The van der Waals surface area contributed by atoms with Gasteiger partial charge in [-0.05, 0) is 18.2 Å². The van der Waals surface area contributed by atoms with Gasteiger partial charge in [-0.25, -0.2) is 4.98 Å². The van der Waals surface area contributed by atoms with Crippen LogP contribution in [-0.4, -0.2) is 12.1 Å². The third-order valence-corrected chi connectivity index (χ3v) is 4.07. The van der Waals surface area contributed by atoms with E-state index in [9.17, 15) is 0 Å². The van der Waals surface area contributed by atoms with Crippen LogP contribution < -0.4 is 4.74 Å². The highest BCUT2D eigenvalue weighted by Crippen LogP contribution is 2.37. The Bertz CT molecular complexity index is 774. The van der Waals surface area contributed by atoms with Gasteiger partial charge in [0.1, 0.15) is 11.3 Å². The molecule has 0 spiro atoms. The molecule has 0 aliphatic carbocycles. The summed E-state index contributed by atoms with van der Waals surface area (Å²) in [5.74, 6) is 0.711. The average Bonchev–Trinajstić information content (AvgIpc) is 2.48. The summed E-state index contributed by atoms with van der Waals surface area (Å²) in [5.41, 5.74) is 2.62. The number of methoxy groups -OCH3 is 1. The van der Waals surface area contributed by atoms with Crippen LogP contribution in [0.25, 0.3) is 22.2 Å². The summed E-state index contributed by atoms with van der Waals surface area (Å²) in [6, 6.07) is 15.6. The molecule has 0 saturated carbocycles. The number of hydrogen-bond acceptors (Lipinski definition) is 2. The molecular formula is C16H11BrClNO. The highest BCUT2D eigenvalue weighted by Gasteiger charge is 2.12. The third-order valence-electron chi connectivity index (χ3n) is 3.11. The van der Waals surface area contributed by atoms with Gasteiger partial charge in [0.2, 0.25) is 0 Å². The van der Waals surface area contributed by atoms with Crippen LogP contribution in [0.2, 0.25) is 5.02 Å². The van der Waals surface area contributed by atoms with Crippen LogP contribution in [0.3, 0.4) is 0 Å². The van der Waals surface area contributed by atoms with E-state index in [1.54, 1.807) is 7.11 Å². The molecule has 4 heteroatoms. The van der Waals surface area contributed by atoms with Crippen LogP contribution in [0, 0.1) is 0 Å². The predicted octanol–water partition coefficient (Wildman–Crippen LogP) is 5.33. The van der Waals surface area contributed by atoms with Gasteiger partial charge in [0, 0.05) is 15.4 Å². The van der Waals surface area contributed by atoms with Gasteiger partial charge >= 0.3 is 0 Å². The van der Waals surface area contributed by atoms with E-state index in [-0.39, 0.29) is 0 Å². The minimum absolute atomic E-state index is 0.652. The smallest absolute Gasteiger partial charge is 0.145 e. The molecule has 1 heterocycles. The lowest BCUT2D eigenvalue weighted by Gasteiger charge is -2.10. The Hall–Kier alpha value is -1.58. The van der Waals surface area contributed by atoms with Crippen LogP contribution >= 0.6 is 27.5 Å². The Morgan fingerprint density at radius 2 is 1.85 bits per heavy atom. The topological polar surface area (TPSA) is 22.1 Å². The van der Waals surface area contributed by atoms with Gasteiger partial charge in [0.15, 0.2) is 0 Å². The van der Waals surface area contributed by atoms with Gasteiger partial charge < -0.3 is 4.74 Å². The van der Waals surface area contributed by atoms with E-state index >= 15 is 0 Å². The zero-order chi connectivity index (χ0) is 14.1. The normalized spacial score (nSPS) is 10.8.